The van der Waals surface area contributed by atoms with Gasteiger partial charge in [0.05, 0.1) is 11.5 Å². The maximum atomic E-state index is 11.6. The number of rotatable bonds is 4. The summed E-state index contributed by atoms with van der Waals surface area (Å²) in [4.78, 5) is 25.6. The van der Waals surface area contributed by atoms with E-state index >= 15 is 0 Å². The van der Waals surface area contributed by atoms with E-state index in [0.29, 0.717) is 11.3 Å². The Labute approximate surface area is 108 Å². The summed E-state index contributed by atoms with van der Waals surface area (Å²) in [6.07, 6.45) is 1.13. The van der Waals surface area contributed by atoms with Gasteiger partial charge in [0.15, 0.2) is 6.39 Å². The summed E-state index contributed by atoms with van der Waals surface area (Å²) in [5.41, 5.74) is 0.806. The van der Waals surface area contributed by atoms with Gasteiger partial charge in [-0.15, -0.1) is 0 Å². The molecule has 0 saturated carbocycles. The van der Waals surface area contributed by atoms with Gasteiger partial charge in [-0.05, 0) is 19.1 Å². The van der Waals surface area contributed by atoms with Gasteiger partial charge in [-0.1, -0.05) is 0 Å². The number of nitro benzene ring substituents is 1. The maximum absolute atomic E-state index is 11.6. The molecule has 19 heavy (non-hydrogen) atoms. The van der Waals surface area contributed by atoms with Crippen molar-refractivity contribution in [1.82, 2.24) is 4.98 Å². The molecule has 0 bridgehead atoms. The van der Waals surface area contributed by atoms with E-state index in [1.54, 1.807) is 6.92 Å². The van der Waals surface area contributed by atoms with Crippen LogP contribution in [-0.4, -0.2) is 22.5 Å². The van der Waals surface area contributed by atoms with E-state index in [-0.39, 0.29) is 18.1 Å². The van der Waals surface area contributed by atoms with Crippen molar-refractivity contribution < 1.29 is 18.9 Å². The molecule has 0 aliphatic rings. The number of benzene rings is 1. The number of nitrogens with zero attached hydrogens (tertiary/aromatic N) is 2. The van der Waals surface area contributed by atoms with Crippen LogP contribution in [0.3, 0.4) is 0 Å². The van der Waals surface area contributed by atoms with Gasteiger partial charge < -0.3 is 9.15 Å². The van der Waals surface area contributed by atoms with E-state index in [0.717, 1.165) is 6.39 Å². The lowest BCUT2D eigenvalue weighted by atomic mass is 10.1. The molecule has 2 rings (SSSR count). The number of non-ortho nitro benzene ring substituents is 1. The fourth-order valence-electron chi connectivity index (χ4n) is 1.53. The van der Waals surface area contributed by atoms with Crippen molar-refractivity contribution in [2.75, 3.05) is 6.61 Å². The molecular formula is C12H10N2O5. The molecule has 0 aliphatic heterocycles. The normalized spacial score (nSPS) is 10.2. The summed E-state index contributed by atoms with van der Waals surface area (Å²) in [6, 6.07) is 5.66. The van der Waals surface area contributed by atoms with Crippen LogP contribution in [0.2, 0.25) is 0 Å². The van der Waals surface area contributed by atoms with E-state index < -0.39 is 10.9 Å². The standard InChI is InChI=1S/C12H10N2O5/c1-2-18-12(15)11-10(13-7-19-11)8-3-5-9(6-4-8)14(16)17/h3-7H,2H2,1H3. The summed E-state index contributed by atoms with van der Waals surface area (Å²) in [6.45, 7) is 1.90. The lowest BCUT2D eigenvalue weighted by Gasteiger charge is -2.01. The number of oxazole rings is 1. The van der Waals surface area contributed by atoms with Gasteiger partial charge in [-0.25, -0.2) is 9.78 Å². The molecule has 0 atom stereocenters. The SMILES string of the molecule is CCOC(=O)c1ocnc1-c1ccc([N+](=O)[O-])cc1. The van der Waals surface area contributed by atoms with Crippen LogP contribution >= 0.6 is 0 Å². The number of hydrogen-bond donors (Lipinski definition) is 0. The molecule has 0 spiro atoms. The van der Waals surface area contributed by atoms with Crippen LogP contribution in [0, 0.1) is 10.1 Å². The monoisotopic (exact) mass is 262 g/mol. The average Bonchev–Trinajstić information content (AvgIpc) is 2.88. The molecular weight excluding hydrogens is 252 g/mol. The predicted molar refractivity (Wildman–Crippen MR) is 64.5 cm³/mol. The lowest BCUT2D eigenvalue weighted by Crippen LogP contribution is -2.04. The number of aromatic nitrogens is 1. The van der Waals surface area contributed by atoms with Crippen molar-refractivity contribution in [2.45, 2.75) is 6.92 Å². The van der Waals surface area contributed by atoms with Gasteiger partial charge in [0.2, 0.25) is 5.76 Å². The summed E-state index contributed by atoms with van der Waals surface area (Å²) in [7, 11) is 0. The average molecular weight is 262 g/mol. The highest BCUT2D eigenvalue weighted by molar-refractivity contribution is 5.93. The molecule has 0 fully saturated rings. The minimum Gasteiger partial charge on any atom is -0.460 e. The summed E-state index contributed by atoms with van der Waals surface area (Å²) >= 11 is 0. The van der Waals surface area contributed by atoms with E-state index in [9.17, 15) is 14.9 Å². The molecule has 2 aromatic rings. The lowest BCUT2D eigenvalue weighted by molar-refractivity contribution is -0.384. The van der Waals surface area contributed by atoms with Crippen LogP contribution in [0.15, 0.2) is 35.1 Å². The first kappa shape index (κ1) is 12.7. The second kappa shape index (κ2) is 5.30. The summed E-state index contributed by atoms with van der Waals surface area (Å²) in [5.74, 6) is -0.635. The van der Waals surface area contributed by atoms with Crippen molar-refractivity contribution in [3.05, 3.63) is 46.5 Å². The Kier molecular flexibility index (Phi) is 3.56. The third-order valence-corrected chi connectivity index (χ3v) is 2.38. The van der Waals surface area contributed by atoms with Crippen molar-refractivity contribution in [3.8, 4) is 11.3 Å². The zero-order valence-electron chi connectivity index (χ0n) is 10.0. The maximum Gasteiger partial charge on any atom is 0.376 e. The first-order valence-corrected chi connectivity index (χ1v) is 5.49. The van der Waals surface area contributed by atoms with Crippen molar-refractivity contribution >= 4 is 11.7 Å². The van der Waals surface area contributed by atoms with E-state index in [1.807, 2.05) is 0 Å². The van der Waals surface area contributed by atoms with Crippen LogP contribution in [-0.2, 0) is 4.74 Å². The Hall–Kier alpha value is -2.70. The molecule has 1 aromatic heterocycles. The highest BCUT2D eigenvalue weighted by Crippen LogP contribution is 2.24. The molecule has 0 amide bonds. The van der Waals surface area contributed by atoms with Crippen LogP contribution < -0.4 is 0 Å². The third-order valence-electron chi connectivity index (χ3n) is 2.38. The summed E-state index contributed by atoms with van der Waals surface area (Å²) in [5, 5.41) is 10.6. The number of hydrogen-bond acceptors (Lipinski definition) is 6. The fraction of sp³-hybridized carbons (Fsp3) is 0.167. The molecule has 0 saturated heterocycles. The van der Waals surface area contributed by atoms with Crippen LogP contribution in [0.5, 0.6) is 0 Å². The largest absolute Gasteiger partial charge is 0.460 e. The summed E-state index contributed by atoms with van der Waals surface area (Å²) < 4.78 is 9.82. The first-order valence-electron chi connectivity index (χ1n) is 5.49. The zero-order chi connectivity index (χ0) is 13.8. The highest BCUT2D eigenvalue weighted by Gasteiger charge is 2.20. The minimum atomic E-state index is -0.617. The molecule has 7 heteroatoms. The number of nitro groups is 1. The van der Waals surface area contributed by atoms with Gasteiger partial charge in [-0.2, -0.15) is 0 Å². The van der Waals surface area contributed by atoms with E-state index in [1.165, 1.54) is 24.3 Å². The van der Waals surface area contributed by atoms with E-state index in [2.05, 4.69) is 4.98 Å². The Morgan fingerprint density at radius 2 is 2.11 bits per heavy atom. The van der Waals surface area contributed by atoms with Crippen LogP contribution in [0.25, 0.3) is 11.3 Å². The Morgan fingerprint density at radius 1 is 1.42 bits per heavy atom. The van der Waals surface area contributed by atoms with Crippen molar-refractivity contribution in [1.29, 1.82) is 0 Å². The smallest absolute Gasteiger partial charge is 0.376 e. The van der Waals surface area contributed by atoms with Gasteiger partial charge >= 0.3 is 5.97 Å². The minimum absolute atomic E-state index is 0.0179. The number of carbonyl (C=O) groups excluding carboxylic acids is 1. The molecule has 1 heterocycles. The molecule has 0 unspecified atom stereocenters. The molecule has 0 aliphatic carbocycles. The Bertz CT molecular complexity index is 603. The molecule has 98 valence electrons. The number of ether oxygens (including phenoxy) is 1. The van der Waals surface area contributed by atoms with E-state index in [4.69, 9.17) is 9.15 Å². The third kappa shape index (κ3) is 2.59. The second-order valence-electron chi connectivity index (χ2n) is 3.55. The molecule has 1 aromatic carbocycles. The van der Waals surface area contributed by atoms with Gasteiger partial charge in [0.1, 0.15) is 5.69 Å². The predicted octanol–water partition coefficient (Wildman–Crippen LogP) is 2.43. The second-order valence-corrected chi connectivity index (χ2v) is 3.55. The fourth-order valence-corrected chi connectivity index (χ4v) is 1.53. The zero-order valence-corrected chi connectivity index (χ0v) is 10.0. The van der Waals surface area contributed by atoms with Gasteiger partial charge in [0, 0.05) is 17.7 Å². The number of esters is 1. The quantitative estimate of drug-likeness (QED) is 0.477. The van der Waals surface area contributed by atoms with Crippen LogP contribution in [0.4, 0.5) is 5.69 Å². The van der Waals surface area contributed by atoms with Crippen molar-refractivity contribution in [3.63, 3.8) is 0 Å². The molecule has 0 N–H and O–H groups in total. The highest BCUT2D eigenvalue weighted by atomic mass is 16.6. The first-order chi connectivity index (χ1) is 9.13. The van der Waals surface area contributed by atoms with Crippen molar-refractivity contribution in [2.24, 2.45) is 0 Å². The topological polar surface area (TPSA) is 95.5 Å². The van der Waals surface area contributed by atoms with Crippen LogP contribution in [0.1, 0.15) is 17.5 Å². The van der Waals surface area contributed by atoms with Gasteiger partial charge in [-0.3, -0.25) is 10.1 Å². The number of carbonyl (C=O) groups is 1. The Balaban J connectivity index is 2.34. The molecule has 7 nitrogen and oxygen atoms in total. The Morgan fingerprint density at radius 3 is 2.68 bits per heavy atom. The molecule has 0 radical (unpaired) electrons. The van der Waals surface area contributed by atoms with Gasteiger partial charge in [0.25, 0.3) is 5.69 Å².